The molecule has 19 heavy (non-hydrogen) atoms. The molecule has 5 nitrogen and oxygen atoms in total. The van der Waals surface area contributed by atoms with E-state index >= 15 is 0 Å². The van der Waals surface area contributed by atoms with Crippen molar-refractivity contribution in [1.29, 1.82) is 0 Å². The van der Waals surface area contributed by atoms with Crippen LogP contribution >= 0.6 is 0 Å². The molecule has 0 bridgehead atoms. The summed E-state index contributed by atoms with van der Waals surface area (Å²) >= 11 is 0. The van der Waals surface area contributed by atoms with Crippen molar-refractivity contribution in [3.63, 3.8) is 0 Å². The third-order valence-electron chi connectivity index (χ3n) is 4.25. The Bertz CT molecular complexity index is 487. The van der Waals surface area contributed by atoms with Crippen molar-refractivity contribution in [2.45, 2.75) is 33.1 Å². The minimum absolute atomic E-state index is 0.111. The molecule has 1 N–H and O–H groups in total. The van der Waals surface area contributed by atoms with E-state index in [0.29, 0.717) is 6.54 Å². The second-order valence-corrected chi connectivity index (χ2v) is 5.15. The number of carboxylic acids is 1. The summed E-state index contributed by atoms with van der Waals surface area (Å²) in [7, 11) is 0. The maximum Gasteiger partial charge on any atom is 0.371 e. The molecule has 1 saturated heterocycles. The summed E-state index contributed by atoms with van der Waals surface area (Å²) in [5, 5.41) is 8.79. The van der Waals surface area contributed by atoms with Crippen molar-refractivity contribution < 1.29 is 19.1 Å². The van der Waals surface area contributed by atoms with Gasteiger partial charge in [0.15, 0.2) is 5.76 Å². The van der Waals surface area contributed by atoms with Crippen molar-refractivity contribution >= 4 is 11.9 Å². The van der Waals surface area contributed by atoms with Gasteiger partial charge in [0, 0.05) is 13.1 Å². The van der Waals surface area contributed by atoms with Crippen molar-refractivity contribution in [3.05, 3.63) is 23.7 Å². The Morgan fingerprint density at radius 1 is 1.32 bits per heavy atom. The number of hydrogen-bond donors (Lipinski definition) is 1. The summed E-state index contributed by atoms with van der Waals surface area (Å²) < 4.78 is 5.06. The van der Waals surface area contributed by atoms with E-state index in [2.05, 4.69) is 13.8 Å². The first kappa shape index (κ1) is 13.6. The number of carbonyl (C=O) groups excluding carboxylic acids is 1. The lowest BCUT2D eigenvalue weighted by atomic mass is 9.82. The van der Waals surface area contributed by atoms with Crippen LogP contribution in [-0.2, 0) is 0 Å². The molecule has 1 aromatic rings. The molecule has 2 rings (SSSR count). The highest BCUT2D eigenvalue weighted by atomic mass is 16.4. The van der Waals surface area contributed by atoms with Gasteiger partial charge in [0.25, 0.3) is 5.91 Å². The number of carbonyl (C=O) groups is 2. The highest BCUT2D eigenvalue weighted by molar-refractivity contribution is 5.93. The van der Waals surface area contributed by atoms with Gasteiger partial charge in [-0.2, -0.15) is 0 Å². The van der Waals surface area contributed by atoms with E-state index in [1.807, 2.05) is 0 Å². The van der Waals surface area contributed by atoms with E-state index in [4.69, 9.17) is 9.52 Å². The third-order valence-corrected chi connectivity index (χ3v) is 4.25. The molecule has 1 aromatic heterocycles. The van der Waals surface area contributed by atoms with Gasteiger partial charge in [-0.05, 0) is 36.8 Å². The molecule has 104 valence electrons. The van der Waals surface area contributed by atoms with Crippen molar-refractivity contribution in [2.24, 2.45) is 5.41 Å². The molecule has 0 unspecified atom stereocenters. The van der Waals surface area contributed by atoms with Crippen LogP contribution < -0.4 is 0 Å². The molecular weight excluding hydrogens is 246 g/mol. The van der Waals surface area contributed by atoms with Crippen LogP contribution in [0.15, 0.2) is 16.5 Å². The molecule has 5 heteroatoms. The van der Waals surface area contributed by atoms with Gasteiger partial charge in [0.1, 0.15) is 0 Å². The predicted molar refractivity (Wildman–Crippen MR) is 69.2 cm³/mol. The smallest absolute Gasteiger partial charge is 0.371 e. The van der Waals surface area contributed by atoms with Crippen LogP contribution in [0.3, 0.4) is 0 Å². The average molecular weight is 265 g/mol. The van der Waals surface area contributed by atoms with Gasteiger partial charge < -0.3 is 14.4 Å². The minimum Gasteiger partial charge on any atom is -0.475 e. The van der Waals surface area contributed by atoms with Gasteiger partial charge >= 0.3 is 5.97 Å². The Morgan fingerprint density at radius 2 is 1.95 bits per heavy atom. The van der Waals surface area contributed by atoms with Gasteiger partial charge in [0.2, 0.25) is 5.76 Å². The van der Waals surface area contributed by atoms with Crippen LogP contribution in [0.1, 0.15) is 54.2 Å². The fourth-order valence-electron chi connectivity index (χ4n) is 2.66. The molecule has 0 aliphatic carbocycles. The molecule has 0 aromatic carbocycles. The van der Waals surface area contributed by atoms with Crippen molar-refractivity contribution in [1.82, 2.24) is 4.90 Å². The van der Waals surface area contributed by atoms with Crippen LogP contribution in [0, 0.1) is 5.41 Å². The second kappa shape index (κ2) is 5.07. The number of likely N-dealkylation sites (tertiary alicyclic amines) is 1. The minimum atomic E-state index is -1.16. The van der Waals surface area contributed by atoms with Crippen LogP contribution in [0.25, 0.3) is 0 Å². The molecule has 1 aliphatic rings. The van der Waals surface area contributed by atoms with E-state index in [1.165, 1.54) is 12.1 Å². The van der Waals surface area contributed by atoms with Crippen LogP contribution in [0.2, 0.25) is 0 Å². The van der Waals surface area contributed by atoms with E-state index < -0.39 is 5.97 Å². The van der Waals surface area contributed by atoms with Gasteiger partial charge in [-0.25, -0.2) is 4.79 Å². The topological polar surface area (TPSA) is 70.8 Å². The Balaban J connectivity index is 2.10. The van der Waals surface area contributed by atoms with E-state index in [1.54, 1.807) is 4.90 Å². The normalized spacial score (nSPS) is 17.7. The van der Waals surface area contributed by atoms with Gasteiger partial charge in [0.05, 0.1) is 0 Å². The number of nitrogens with zero attached hydrogens (tertiary/aromatic N) is 1. The first-order valence-electron chi connectivity index (χ1n) is 6.64. The number of furan rings is 1. The molecule has 2 heterocycles. The summed E-state index contributed by atoms with van der Waals surface area (Å²) in [5.74, 6) is -1.45. The molecule has 0 atom stereocenters. The molecule has 1 aliphatic heterocycles. The van der Waals surface area contributed by atoms with Crippen molar-refractivity contribution in [3.8, 4) is 0 Å². The highest BCUT2D eigenvalue weighted by Gasteiger charge is 2.38. The first-order chi connectivity index (χ1) is 9.01. The van der Waals surface area contributed by atoms with Crippen LogP contribution in [-0.4, -0.2) is 35.0 Å². The lowest BCUT2D eigenvalue weighted by Crippen LogP contribution is -2.31. The van der Waals surface area contributed by atoms with Crippen LogP contribution in [0.4, 0.5) is 0 Å². The zero-order valence-electron chi connectivity index (χ0n) is 11.3. The SMILES string of the molecule is CCC1(CC)CCN(C(=O)c2ccc(C(=O)O)o2)C1. The summed E-state index contributed by atoms with van der Waals surface area (Å²) in [6.45, 7) is 5.73. The molecule has 0 saturated carbocycles. The summed E-state index contributed by atoms with van der Waals surface area (Å²) in [4.78, 5) is 24.7. The van der Waals surface area contributed by atoms with E-state index in [9.17, 15) is 9.59 Å². The quantitative estimate of drug-likeness (QED) is 0.908. The number of amides is 1. The molecule has 0 radical (unpaired) electrons. The van der Waals surface area contributed by atoms with E-state index in [0.717, 1.165) is 25.8 Å². The fourth-order valence-corrected chi connectivity index (χ4v) is 2.66. The number of carboxylic acid groups (broad SMARTS) is 1. The average Bonchev–Trinajstić information content (AvgIpc) is 3.05. The maximum atomic E-state index is 12.2. The Kier molecular flexibility index (Phi) is 3.64. The Morgan fingerprint density at radius 3 is 2.42 bits per heavy atom. The lowest BCUT2D eigenvalue weighted by molar-refractivity contribution is 0.0651. The highest BCUT2D eigenvalue weighted by Crippen LogP contribution is 2.37. The summed E-state index contributed by atoms with van der Waals surface area (Å²) in [6, 6.07) is 2.75. The maximum absolute atomic E-state index is 12.2. The monoisotopic (exact) mass is 265 g/mol. The van der Waals surface area contributed by atoms with E-state index in [-0.39, 0.29) is 22.8 Å². The third kappa shape index (κ3) is 2.50. The Hall–Kier alpha value is -1.78. The zero-order valence-corrected chi connectivity index (χ0v) is 11.3. The lowest BCUT2D eigenvalue weighted by Gasteiger charge is -2.26. The van der Waals surface area contributed by atoms with Gasteiger partial charge in [-0.3, -0.25) is 4.79 Å². The molecule has 0 spiro atoms. The van der Waals surface area contributed by atoms with Gasteiger partial charge in [-0.15, -0.1) is 0 Å². The van der Waals surface area contributed by atoms with Gasteiger partial charge in [-0.1, -0.05) is 13.8 Å². The molecule has 1 amide bonds. The number of rotatable bonds is 4. The summed E-state index contributed by atoms with van der Waals surface area (Å²) in [5.41, 5.74) is 0.206. The predicted octanol–water partition coefficient (Wildman–Crippen LogP) is 2.63. The Labute approximate surface area is 112 Å². The number of aromatic carboxylic acids is 1. The molecular formula is C14H19NO4. The summed E-state index contributed by atoms with van der Waals surface area (Å²) in [6.07, 6.45) is 3.09. The molecule has 1 fully saturated rings. The van der Waals surface area contributed by atoms with Crippen molar-refractivity contribution in [2.75, 3.05) is 13.1 Å². The fraction of sp³-hybridized carbons (Fsp3) is 0.571. The number of hydrogen-bond acceptors (Lipinski definition) is 3. The zero-order chi connectivity index (χ0) is 14.0. The standard InChI is InChI=1S/C14H19NO4/c1-3-14(4-2)7-8-15(9-14)12(16)10-5-6-11(19-10)13(17)18/h5-6H,3-4,7-9H2,1-2H3,(H,17,18). The first-order valence-corrected chi connectivity index (χ1v) is 6.64. The largest absolute Gasteiger partial charge is 0.475 e. The second-order valence-electron chi connectivity index (χ2n) is 5.15. The van der Waals surface area contributed by atoms with Crippen LogP contribution in [0.5, 0.6) is 0 Å².